The van der Waals surface area contributed by atoms with Gasteiger partial charge in [0.2, 0.25) is 0 Å². The summed E-state index contributed by atoms with van der Waals surface area (Å²) in [5.41, 5.74) is -0.314. The first-order valence-corrected chi connectivity index (χ1v) is 9.36. The van der Waals surface area contributed by atoms with Gasteiger partial charge in [0.05, 0.1) is 29.0 Å². The summed E-state index contributed by atoms with van der Waals surface area (Å²) in [6, 6.07) is 9.73. The summed E-state index contributed by atoms with van der Waals surface area (Å²) in [5, 5.41) is 3.26. The smallest absolute Gasteiger partial charge is 0.328 e. The van der Waals surface area contributed by atoms with E-state index in [4.69, 9.17) is 25.8 Å². The Labute approximate surface area is 169 Å². The van der Waals surface area contributed by atoms with Crippen LogP contribution in [0, 0.1) is 0 Å². The third kappa shape index (κ3) is 3.97. The Balaban J connectivity index is 1.49. The van der Waals surface area contributed by atoms with Crippen LogP contribution in [0.4, 0.5) is 0 Å². The lowest BCUT2D eigenvalue weighted by Crippen LogP contribution is -2.32. The van der Waals surface area contributed by atoms with Crippen molar-refractivity contribution in [2.24, 2.45) is 0 Å². The summed E-state index contributed by atoms with van der Waals surface area (Å²) in [4.78, 5) is 36.8. The highest BCUT2D eigenvalue weighted by atomic mass is 35.5. The van der Waals surface area contributed by atoms with Crippen LogP contribution in [-0.2, 0) is 22.7 Å². The zero-order valence-corrected chi connectivity index (χ0v) is 16.0. The van der Waals surface area contributed by atoms with Crippen LogP contribution in [0.2, 0.25) is 5.02 Å². The van der Waals surface area contributed by atoms with E-state index >= 15 is 0 Å². The maximum Gasteiger partial charge on any atom is 0.328 e. The Morgan fingerprint density at radius 3 is 2.72 bits per heavy atom. The SMILES string of the molecule is O=C(Cn1[nH]c(=O)c2ccccc2c1=O)OCc1cc(Cl)c2c(c1)OCCCO2. The van der Waals surface area contributed by atoms with E-state index in [9.17, 15) is 14.4 Å². The molecule has 2 heterocycles. The number of hydrogen-bond acceptors (Lipinski definition) is 6. The van der Waals surface area contributed by atoms with Crippen LogP contribution in [0.25, 0.3) is 10.8 Å². The largest absolute Gasteiger partial charge is 0.489 e. The summed E-state index contributed by atoms with van der Waals surface area (Å²) in [6.45, 7) is 0.531. The van der Waals surface area contributed by atoms with E-state index in [0.29, 0.717) is 35.3 Å². The van der Waals surface area contributed by atoms with Crippen LogP contribution in [-0.4, -0.2) is 29.0 Å². The van der Waals surface area contributed by atoms with Gasteiger partial charge in [0.25, 0.3) is 11.1 Å². The van der Waals surface area contributed by atoms with Crippen molar-refractivity contribution in [1.29, 1.82) is 0 Å². The van der Waals surface area contributed by atoms with Gasteiger partial charge < -0.3 is 14.2 Å². The van der Waals surface area contributed by atoms with E-state index < -0.39 is 23.6 Å². The van der Waals surface area contributed by atoms with E-state index in [-0.39, 0.29) is 17.4 Å². The standard InChI is InChI=1S/C20H17ClN2O6/c21-15-8-12(9-16-18(15)28-7-3-6-27-16)11-29-17(24)10-23-20(26)14-5-2-1-4-13(14)19(25)22-23/h1-2,4-5,8-9H,3,6-7,10-11H2,(H,22,25). The molecule has 1 aliphatic heterocycles. The molecule has 29 heavy (non-hydrogen) atoms. The van der Waals surface area contributed by atoms with Crippen LogP contribution in [0.1, 0.15) is 12.0 Å². The summed E-state index contributed by atoms with van der Waals surface area (Å²) in [6.07, 6.45) is 0.744. The number of hydrogen-bond donors (Lipinski definition) is 1. The molecule has 0 aliphatic carbocycles. The number of nitrogens with one attached hydrogen (secondary N) is 1. The zero-order chi connectivity index (χ0) is 20.4. The Bertz CT molecular complexity index is 1200. The van der Waals surface area contributed by atoms with E-state index in [1.165, 1.54) is 6.07 Å². The van der Waals surface area contributed by atoms with Gasteiger partial charge in [-0.25, -0.2) is 4.68 Å². The molecule has 8 nitrogen and oxygen atoms in total. The minimum Gasteiger partial charge on any atom is -0.489 e. The highest BCUT2D eigenvalue weighted by Crippen LogP contribution is 2.38. The van der Waals surface area contributed by atoms with Crippen molar-refractivity contribution in [2.45, 2.75) is 19.6 Å². The van der Waals surface area contributed by atoms with Crippen LogP contribution < -0.4 is 20.6 Å². The molecular formula is C20H17ClN2O6. The summed E-state index contributed by atoms with van der Waals surface area (Å²) in [7, 11) is 0. The molecule has 4 rings (SSSR count). The van der Waals surface area contributed by atoms with Gasteiger partial charge in [-0.05, 0) is 29.8 Å². The van der Waals surface area contributed by atoms with Crippen molar-refractivity contribution in [1.82, 2.24) is 9.78 Å². The topological polar surface area (TPSA) is 99.6 Å². The van der Waals surface area contributed by atoms with Gasteiger partial charge in [0, 0.05) is 6.42 Å². The second-order valence-corrected chi connectivity index (χ2v) is 6.90. The average Bonchev–Trinajstić information content (AvgIpc) is 2.96. The third-order valence-electron chi connectivity index (χ3n) is 4.43. The number of H-pyrrole nitrogens is 1. The molecular weight excluding hydrogens is 400 g/mol. The van der Waals surface area contributed by atoms with Crippen LogP contribution in [0.15, 0.2) is 46.0 Å². The molecule has 0 saturated carbocycles. The zero-order valence-electron chi connectivity index (χ0n) is 15.3. The number of aromatic amines is 1. The van der Waals surface area contributed by atoms with E-state index in [2.05, 4.69) is 5.10 Å². The predicted molar refractivity (Wildman–Crippen MR) is 106 cm³/mol. The summed E-state index contributed by atoms with van der Waals surface area (Å²) in [5.74, 6) is 0.289. The lowest BCUT2D eigenvalue weighted by atomic mass is 10.2. The molecule has 0 amide bonds. The lowest BCUT2D eigenvalue weighted by Gasteiger charge is -2.12. The number of nitrogens with zero attached hydrogens (tertiary/aromatic N) is 1. The third-order valence-corrected chi connectivity index (χ3v) is 4.71. The molecule has 0 bridgehead atoms. The number of rotatable bonds is 4. The quantitative estimate of drug-likeness (QED) is 0.655. The van der Waals surface area contributed by atoms with Crippen molar-refractivity contribution in [3.63, 3.8) is 0 Å². The van der Waals surface area contributed by atoms with Gasteiger partial charge in [-0.1, -0.05) is 23.7 Å². The van der Waals surface area contributed by atoms with Crippen LogP contribution in [0.5, 0.6) is 11.5 Å². The van der Waals surface area contributed by atoms with E-state index in [1.54, 1.807) is 30.3 Å². The number of fused-ring (bicyclic) bond motifs is 2. The minimum absolute atomic E-state index is 0.0677. The number of ether oxygens (including phenoxy) is 3. The molecule has 1 N–H and O–H groups in total. The van der Waals surface area contributed by atoms with Crippen molar-refractivity contribution in [3.8, 4) is 11.5 Å². The monoisotopic (exact) mass is 416 g/mol. The van der Waals surface area contributed by atoms with Crippen molar-refractivity contribution in [2.75, 3.05) is 13.2 Å². The van der Waals surface area contributed by atoms with Gasteiger partial charge in [-0.3, -0.25) is 19.5 Å². The fraction of sp³-hybridized carbons (Fsp3) is 0.250. The van der Waals surface area contributed by atoms with E-state index in [1.807, 2.05) is 0 Å². The van der Waals surface area contributed by atoms with Gasteiger partial charge in [0.1, 0.15) is 13.2 Å². The number of carbonyl (C=O) groups is 1. The van der Waals surface area contributed by atoms with Crippen molar-refractivity contribution >= 4 is 28.3 Å². The summed E-state index contributed by atoms with van der Waals surface area (Å²) < 4.78 is 17.3. The first-order chi connectivity index (χ1) is 14.0. The minimum atomic E-state index is -0.679. The highest BCUT2D eigenvalue weighted by molar-refractivity contribution is 6.32. The molecule has 150 valence electrons. The van der Waals surface area contributed by atoms with Crippen molar-refractivity contribution in [3.05, 3.63) is 67.7 Å². The number of benzene rings is 2. The van der Waals surface area contributed by atoms with Crippen LogP contribution >= 0.6 is 11.6 Å². The highest BCUT2D eigenvalue weighted by Gasteiger charge is 2.17. The second kappa shape index (κ2) is 8.00. The molecule has 0 unspecified atom stereocenters. The molecule has 1 aliphatic rings. The Kier molecular flexibility index (Phi) is 5.26. The maximum atomic E-state index is 12.5. The fourth-order valence-electron chi connectivity index (χ4n) is 3.06. The molecule has 9 heteroatoms. The van der Waals surface area contributed by atoms with Gasteiger partial charge in [-0.15, -0.1) is 0 Å². The van der Waals surface area contributed by atoms with E-state index in [0.717, 1.165) is 11.1 Å². The van der Waals surface area contributed by atoms with Gasteiger partial charge >= 0.3 is 5.97 Å². The first-order valence-electron chi connectivity index (χ1n) is 8.98. The molecule has 2 aromatic carbocycles. The molecule has 0 radical (unpaired) electrons. The number of halogens is 1. The number of esters is 1. The fourth-order valence-corrected chi connectivity index (χ4v) is 3.35. The second-order valence-electron chi connectivity index (χ2n) is 6.49. The summed E-state index contributed by atoms with van der Waals surface area (Å²) >= 11 is 6.23. The number of carbonyl (C=O) groups excluding carboxylic acids is 1. The average molecular weight is 417 g/mol. The molecule has 1 aromatic heterocycles. The molecule has 3 aromatic rings. The normalized spacial score (nSPS) is 13.1. The Morgan fingerprint density at radius 1 is 1.14 bits per heavy atom. The Hall–Kier alpha value is -3.26. The first kappa shape index (κ1) is 19.1. The van der Waals surface area contributed by atoms with Crippen molar-refractivity contribution < 1.29 is 19.0 Å². The molecule has 0 fully saturated rings. The molecule has 0 saturated heterocycles. The van der Waals surface area contributed by atoms with Gasteiger partial charge in [0.15, 0.2) is 11.5 Å². The Morgan fingerprint density at radius 2 is 1.90 bits per heavy atom. The molecule has 0 atom stereocenters. The van der Waals surface area contributed by atoms with Crippen LogP contribution in [0.3, 0.4) is 0 Å². The maximum absolute atomic E-state index is 12.5. The number of aromatic nitrogens is 2. The lowest BCUT2D eigenvalue weighted by molar-refractivity contribution is -0.146. The predicted octanol–water partition coefficient (Wildman–Crippen LogP) is 2.25. The molecule has 0 spiro atoms. The van der Waals surface area contributed by atoms with Gasteiger partial charge in [-0.2, -0.15) is 0 Å².